The average Bonchev–Trinajstić information content (AvgIpc) is 3.33. The molecule has 0 bridgehead atoms. The highest BCUT2D eigenvalue weighted by Crippen LogP contribution is 2.38. The van der Waals surface area contributed by atoms with Crippen LogP contribution in [0.1, 0.15) is 52.0 Å². The Morgan fingerprint density at radius 1 is 0.700 bits per heavy atom. The third-order valence-electron chi connectivity index (χ3n) is 7.32. The fraction of sp³-hybridized carbons (Fsp3) is 0.250. The average molecular weight is 542 g/mol. The van der Waals surface area contributed by atoms with Crippen LogP contribution in [0.5, 0.6) is 0 Å². The smallest absolute Gasteiger partial charge is 0.116 e. The minimum Gasteiger partial charge on any atom is -0.256 e. The molecular formula is C36H35N3S. The van der Waals surface area contributed by atoms with Gasteiger partial charge >= 0.3 is 0 Å². The molecule has 3 nitrogen and oxygen atoms in total. The van der Waals surface area contributed by atoms with Crippen molar-refractivity contribution in [1.29, 1.82) is 0 Å². The first-order chi connectivity index (χ1) is 19.0. The molecule has 0 fully saturated rings. The summed E-state index contributed by atoms with van der Waals surface area (Å²) in [5.74, 6) is 0. The standard InChI is InChI=1S/C36H35N3S/c1-35(2,3)21-28-20-32-34(40-28)33(39-22-38-32)26-14-13-23-9-8-12-29(30(23)18-26)24-10-7-11-25(17-24)31-19-27(15-16-37-31)36(4,5)6/h7-20,22H,21H2,1-6H3. The van der Waals surface area contributed by atoms with E-state index in [1.807, 2.05) is 17.5 Å². The zero-order valence-electron chi connectivity index (χ0n) is 24.1. The summed E-state index contributed by atoms with van der Waals surface area (Å²) >= 11 is 1.82. The van der Waals surface area contributed by atoms with E-state index in [0.717, 1.165) is 39.2 Å². The Morgan fingerprint density at radius 2 is 1.50 bits per heavy atom. The second kappa shape index (κ2) is 9.94. The number of aromatic nitrogens is 3. The molecule has 4 heteroatoms. The van der Waals surface area contributed by atoms with Crippen LogP contribution < -0.4 is 0 Å². The lowest BCUT2D eigenvalue weighted by Crippen LogP contribution is -2.11. The number of nitrogens with zero attached hydrogens (tertiary/aromatic N) is 3. The molecule has 3 heterocycles. The first-order valence-electron chi connectivity index (χ1n) is 13.9. The maximum absolute atomic E-state index is 4.77. The number of thiophene rings is 1. The minimum atomic E-state index is 0.0732. The van der Waals surface area contributed by atoms with Crippen LogP contribution in [-0.4, -0.2) is 15.0 Å². The fourth-order valence-corrected chi connectivity index (χ4v) is 6.71. The van der Waals surface area contributed by atoms with Gasteiger partial charge in [-0.1, -0.05) is 90.1 Å². The summed E-state index contributed by atoms with van der Waals surface area (Å²) in [5.41, 5.74) is 9.25. The molecule has 0 N–H and O–H groups in total. The van der Waals surface area contributed by atoms with Crippen molar-refractivity contribution in [2.75, 3.05) is 0 Å². The van der Waals surface area contributed by atoms with Crippen molar-refractivity contribution >= 4 is 32.3 Å². The van der Waals surface area contributed by atoms with Crippen molar-refractivity contribution in [2.24, 2.45) is 5.41 Å². The molecule has 0 saturated carbocycles. The van der Waals surface area contributed by atoms with E-state index in [4.69, 9.17) is 9.97 Å². The molecule has 200 valence electrons. The summed E-state index contributed by atoms with van der Waals surface area (Å²) in [6, 6.07) is 28.5. The molecule has 40 heavy (non-hydrogen) atoms. The fourth-order valence-electron chi connectivity index (χ4n) is 5.29. The van der Waals surface area contributed by atoms with Gasteiger partial charge in [0.1, 0.15) is 6.33 Å². The minimum absolute atomic E-state index is 0.0732. The molecule has 6 aromatic rings. The highest BCUT2D eigenvalue weighted by atomic mass is 32.1. The van der Waals surface area contributed by atoms with Crippen molar-refractivity contribution in [3.63, 3.8) is 0 Å². The lowest BCUT2D eigenvalue weighted by molar-refractivity contribution is 0.415. The molecule has 0 unspecified atom stereocenters. The third-order valence-corrected chi connectivity index (χ3v) is 8.45. The number of pyridine rings is 1. The lowest BCUT2D eigenvalue weighted by Gasteiger charge is -2.19. The predicted molar refractivity (Wildman–Crippen MR) is 171 cm³/mol. The Morgan fingerprint density at radius 3 is 2.30 bits per heavy atom. The maximum Gasteiger partial charge on any atom is 0.116 e. The molecule has 6 rings (SSSR count). The zero-order chi connectivity index (χ0) is 28.1. The number of benzene rings is 3. The molecule has 0 aliphatic rings. The lowest BCUT2D eigenvalue weighted by atomic mass is 9.86. The van der Waals surface area contributed by atoms with Gasteiger partial charge < -0.3 is 0 Å². The van der Waals surface area contributed by atoms with Gasteiger partial charge in [-0.25, -0.2) is 9.97 Å². The largest absolute Gasteiger partial charge is 0.256 e. The summed E-state index contributed by atoms with van der Waals surface area (Å²) < 4.78 is 1.16. The van der Waals surface area contributed by atoms with E-state index in [1.165, 1.54) is 32.3 Å². The maximum atomic E-state index is 4.77. The van der Waals surface area contributed by atoms with Crippen molar-refractivity contribution in [3.05, 3.63) is 102 Å². The molecular weight excluding hydrogens is 506 g/mol. The number of fused-ring (bicyclic) bond motifs is 2. The van der Waals surface area contributed by atoms with Crippen LogP contribution in [0.25, 0.3) is 54.6 Å². The van der Waals surface area contributed by atoms with E-state index >= 15 is 0 Å². The van der Waals surface area contributed by atoms with Crippen LogP contribution >= 0.6 is 11.3 Å². The number of hydrogen-bond acceptors (Lipinski definition) is 4. The Labute approximate surface area is 241 Å². The molecule has 0 amide bonds. The summed E-state index contributed by atoms with van der Waals surface area (Å²) in [5, 5.41) is 2.43. The van der Waals surface area contributed by atoms with Gasteiger partial charge in [0.05, 0.1) is 21.6 Å². The van der Waals surface area contributed by atoms with Crippen molar-refractivity contribution < 1.29 is 0 Å². The van der Waals surface area contributed by atoms with Crippen molar-refractivity contribution in [1.82, 2.24) is 15.0 Å². The van der Waals surface area contributed by atoms with E-state index in [9.17, 15) is 0 Å². The van der Waals surface area contributed by atoms with Crippen molar-refractivity contribution in [2.45, 2.75) is 53.4 Å². The molecule has 0 saturated heterocycles. The number of hydrogen-bond donors (Lipinski definition) is 0. The zero-order valence-corrected chi connectivity index (χ0v) is 24.9. The molecule has 0 aliphatic carbocycles. The first-order valence-corrected chi connectivity index (χ1v) is 14.7. The van der Waals surface area contributed by atoms with E-state index < -0.39 is 0 Å². The SMILES string of the molecule is CC(C)(C)Cc1cc2ncnc(-c3ccc4cccc(-c5cccc(-c6cc(C(C)(C)C)ccn6)c5)c4c3)c2s1. The Balaban J connectivity index is 1.45. The van der Waals surface area contributed by atoms with Gasteiger partial charge in [-0.3, -0.25) is 4.98 Å². The van der Waals surface area contributed by atoms with E-state index in [2.05, 4.69) is 125 Å². The van der Waals surface area contributed by atoms with Crippen LogP contribution in [0, 0.1) is 5.41 Å². The van der Waals surface area contributed by atoms with Gasteiger partial charge in [-0.2, -0.15) is 0 Å². The van der Waals surface area contributed by atoms with Crippen molar-refractivity contribution in [3.8, 4) is 33.6 Å². The second-order valence-electron chi connectivity index (χ2n) is 12.9. The normalized spacial score (nSPS) is 12.3. The second-order valence-corrected chi connectivity index (χ2v) is 14.0. The molecule has 0 spiro atoms. The van der Waals surface area contributed by atoms with Gasteiger partial charge in [0.15, 0.2) is 0 Å². The van der Waals surface area contributed by atoms with E-state index in [0.29, 0.717) is 0 Å². The highest BCUT2D eigenvalue weighted by Gasteiger charge is 2.18. The van der Waals surface area contributed by atoms with Crippen LogP contribution in [-0.2, 0) is 11.8 Å². The van der Waals surface area contributed by atoms with Gasteiger partial charge in [0.2, 0.25) is 0 Å². The summed E-state index contributed by atoms with van der Waals surface area (Å²) in [6.07, 6.45) is 4.65. The molecule has 3 aromatic heterocycles. The Kier molecular flexibility index (Phi) is 6.54. The highest BCUT2D eigenvalue weighted by molar-refractivity contribution is 7.19. The monoisotopic (exact) mass is 541 g/mol. The predicted octanol–water partition coefficient (Wildman–Crippen LogP) is 10.1. The molecule has 0 atom stereocenters. The van der Waals surface area contributed by atoms with Crippen LogP contribution in [0.15, 0.2) is 91.4 Å². The molecule has 0 radical (unpaired) electrons. The van der Waals surface area contributed by atoms with E-state index in [-0.39, 0.29) is 10.8 Å². The third kappa shape index (κ3) is 5.29. The number of rotatable bonds is 4. The first kappa shape index (κ1) is 26.3. The molecule has 3 aromatic carbocycles. The summed E-state index contributed by atoms with van der Waals surface area (Å²) in [6.45, 7) is 13.6. The van der Waals surface area contributed by atoms with Crippen LogP contribution in [0.4, 0.5) is 0 Å². The van der Waals surface area contributed by atoms with Gasteiger partial charge in [-0.05, 0) is 75.0 Å². The quantitative estimate of drug-likeness (QED) is 0.223. The Bertz CT molecular complexity index is 1850. The topological polar surface area (TPSA) is 38.7 Å². The Hall–Kier alpha value is -3.89. The van der Waals surface area contributed by atoms with Gasteiger partial charge in [0, 0.05) is 22.2 Å². The van der Waals surface area contributed by atoms with Gasteiger partial charge in [0.25, 0.3) is 0 Å². The molecule has 0 aliphatic heterocycles. The van der Waals surface area contributed by atoms with Crippen LogP contribution in [0.3, 0.4) is 0 Å². The van der Waals surface area contributed by atoms with E-state index in [1.54, 1.807) is 6.33 Å². The van der Waals surface area contributed by atoms with Gasteiger partial charge in [-0.15, -0.1) is 11.3 Å². The summed E-state index contributed by atoms with van der Waals surface area (Å²) in [7, 11) is 0. The summed E-state index contributed by atoms with van der Waals surface area (Å²) in [4.78, 5) is 15.4. The van der Waals surface area contributed by atoms with Crippen LogP contribution in [0.2, 0.25) is 0 Å².